The lowest BCUT2D eigenvalue weighted by molar-refractivity contribution is 0.216. The molecule has 2 amide bonds. The van der Waals surface area contributed by atoms with E-state index in [0.29, 0.717) is 5.82 Å². The Hall–Kier alpha value is -1.52. The molecule has 1 aromatic heterocycles. The average Bonchev–Trinajstić information content (AvgIpc) is 2.83. The smallest absolute Gasteiger partial charge is 0.323 e. The lowest BCUT2D eigenvalue weighted by Crippen LogP contribution is -2.34. The number of likely N-dealkylation sites (tertiary alicyclic amines) is 1. The van der Waals surface area contributed by atoms with Gasteiger partial charge in [-0.05, 0) is 11.8 Å². The summed E-state index contributed by atoms with van der Waals surface area (Å²) in [4.78, 5) is 13.9. The van der Waals surface area contributed by atoms with Crippen molar-refractivity contribution < 1.29 is 9.32 Å². The van der Waals surface area contributed by atoms with Gasteiger partial charge in [0.25, 0.3) is 0 Å². The maximum Gasteiger partial charge on any atom is 0.323 e. The molecule has 1 aromatic rings. The van der Waals surface area contributed by atoms with Crippen LogP contribution in [0.3, 0.4) is 0 Å². The first-order chi connectivity index (χ1) is 8.67. The maximum atomic E-state index is 12.1. The molecule has 0 unspecified atom stereocenters. The van der Waals surface area contributed by atoms with Crippen molar-refractivity contribution in [2.45, 2.75) is 46.5 Å². The number of amides is 2. The Labute approximate surface area is 114 Å². The normalized spacial score (nSPS) is 18.7. The van der Waals surface area contributed by atoms with Crippen molar-refractivity contribution in [2.24, 2.45) is 5.41 Å². The molecule has 106 valence electrons. The van der Waals surface area contributed by atoms with E-state index in [9.17, 15) is 4.79 Å². The Morgan fingerprint density at radius 2 is 2.16 bits per heavy atom. The Bertz CT molecular complexity index is 471. The summed E-state index contributed by atoms with van der Waals surface area (Å²) >= 11 is 0. The summed E-state index contributed by atoms with van der Waals surface area (Å²) in [7, 11) is 0. The number of anilines is 1. The van der Waals surface area contributed by atoms with Gasteiger partial charge in [-0.1, -0.05) is 39.8 Å². The van der Waals surface area contributed by atoms with E-state index in [2.05, 4.69) is 24.3 Å². The highest BCUT2D eigenvalue weighted by Crippen LogP contribution is 2.29. The molecule has 0 atom stereocenters. The number of nitrogens with zero attached hydrogens (tertiary/aromatic N) is 2. The molecule has 1 aliphatic heterocycles. The molecule has 0 aromatic carbocycles. The molecular formula is C14H23N3O2. The Morgan fingerprint density at radius 1 is 1.47 bits per heavy atom. The molecule has 0 aliphatic carbocycles. The van der Waals surface area contributed by atoms with Crippen LogP contribution >= 0.6 is 0 Å². The van der Waals surface area contributed by atoms with E-state index >= 15 is 0 Å². The lowest BCUT2D eigenvalue weighted by Gasteiger charge is -2.19. The minimum Gasteiger partial charge on any atom is -0.359 e. The highest BCUT2D eigenvalue weighted by molar-refractivity contribution is 5.88. The molecule has 1 aliphatic rings. The van der Waals surface area contributed by atoms with Crippen molar-refractivity contribution in [3.8, 4) is 0 Å². The lowest BCUT2D eigenvalue weighted by atomic mass is 9.93. The number of hydrogen-bond acceptors (Lipinski definition) is 3. The van der Waals surface area contributed by atoms with Gasteiger partial charge in [0.1, 0.15) is 5.76 Å². The first-order valence-electron chi connectivity index (χ1n) is 6.70. The second-order valence-electron chi connectivity index (χ2n) is 7.09. The number of rotatable bonds is 1. The van der Waals surface area contributed by atoms with E-state index in [4.69, 9.17) is 4.52 Å². The molecule has 5 nitrogen and oxygen atoms in total. The van der Waals surface area contributed by atoms with Gasteiger partial charge in [0.2, 0.25) is 0 Å². The summed E-state index contributed by atoms with van der Waals surface area (Å²) in [6, 6.07) is 1.69. The van der Waals surface area contributed by atoms with Crippen LogP contribution in [0.1, 0.15) is 46.8 Å². The second-order valence-corrected chi connectivity index (χ2v) is 7.09. The van der Waals surface area contributed by atoms with Crippen molar-refractivity contribution in [1.82, 2.24) is 10.1 Å². The summed E-state index contributed by atoms with van der Waals surface area (Å²) in [5.41, 5.74) is 0.101. The third-order valence-electron chi connectivity index (χ3n) is 3.45. The summed E-state index contributed by atoms with van der Waals surface area (Å²) < 4.78 is 5.25. The summed E-state index contributed by atoms with van der Waals surface area (Å²) in [6.07, 6.45) is 1.03. The van der Waals surface area contributed by atoms with Crippen molar-refractivity contribution in [1.29, 1.82) is 0 Å². The molecule has 2 rings (SSSR count). The standard InChI is InChI=1S/C14H23N3O2/c1-13(2,3)10-8-11(16-19-10)15-12(18)17-7-6-14(4,5)9-17/h8H,6-7,9H2,1-5H3,(H,15,16,18). The van der Waals surface area contributed by atoms with Gasteiger partial charge >= 0.3 is 6.03 Å². The SMILES string of the molecule is CC1(C)CCN(C(=O)Nc2cc(C(C)(C)C)on2)C1. The molecule has 1 N–H and O–H groups in total. The van der Waals surface area contributed by atoms with Crippen LogP contribution < -0.4 is 5.32 Å². The largest absolute Gasteiger partial charge is 0.359 e. The predicted molar refractivity (Wildman–Crippen MR) is 74.2 cm³/mol. The minimum absolute atomic E-state index is 0.0978. The van der Waals surface area contributed by atoms with Gasteiger partial charge in [-0.25, -0.2) is 4.79 Å². The van der Waals surface area contributed by atoms with Crippen LogP contribution in [0.4, 0.5) is 10.6 Å². The van der Waals surface area contributed by atoms with Crippen molar-refractivity contribution in [3.05, 3.63) is 11.8 Å². The molecule has 0 spiro atoms. The Balaban J connectivity index is 1.98. The molecule has 0 radical (unpaired) electrons. The van der Waals surface area contributed by atoms with Crippen LogP contribution in [0, 0.1) is 5.41 Å². The summed E-state index contributed by atoms with van der Waals surface area (Å²) in [6.45, 7) is 12.1. The van der Waals surface area contributed by atoms with Crippen LogP contribution in [0.2, 0.25) is 0 Å². The van der Waals surface area contributed by atoms with Gasteiger partial charge in [0.15, 0.2) is 5.82 Å². The van der Waals surface area contributed by atoms with E-state index in [-0.39, 0.29) is 16.9 Å². The van der Waals surface area contributed by atoms with Crippen LogP contribution in [0.25, 0.3) is 0 Å². The first-order valence-corrected chi connectivity index (χ1v) is 6.70. The van der Waals surface area contributed by atoms with E-state index in [1.165, 1.54) is 0 Å². The summed E-state index contributed by atoms with van der Waals surface area (Å²) in [5, 5.41) is 6.69. The topological polar surface area (TPSA) is 58.4 Å². The van der Waals surface area contributed by atoms with Gasteiger partial charge in [-0.15, -0.1) is 0 Å². The van der Waals surface area contributed by atoms with Crippen molar-refractivity contribution >= 4 is 11.8 Å². The molecule has 19 heavy (non-hydrogen) atoms. The predicted octanol–water partition coefficient (Wildman–Crippen LogP) is 3.24. The van der Waals surface area contributed by atoms with Gasteiger partial charge in [0, 0.05) is 24.6 Å². The zero-order chi connectivity index (χ0) is 14.3. The molecule has 5 heteroatoms. The fourth-order valence-corrected chi connectivity index (χ4v) is 2.16. The minimum atomic E-state index is -0.106. The Kier molecular flexibility index (Phi) is 3.32. The fourth-order valence-electron chi connectivity index (χ4n) is 2.16. The van der Waals surface area contributed by atoms with E-state index in [1.807, 2.05) is 25.7 Å². The molecule has 1 fully saturated rings. The third kappa shape index (κ3) is 3.28. The number of aromatic nitrogens is 1. The fraction of sp³-hybridized carbons (Fsp3) is 0.714. The van der Waals surface area contributed by atoms with Crippen molar-refractivity contribution in [2.75, 3.05) is 18.4 Å². The zero-order valence-electron chi connectivity index (χ0n) is 12.4. The number of carbonyl (C=O) groups excluding carboxylic acids is 1. The van der Waals surface area contributed by atoms with Crippen LogP contribution in [-0.2, 0) is 5.41 Å². The molecule has 2 heterocycles. The molecule has 0 bridgehead atoms. The van der Waals surface area contributed by atoms with Gasteiger partial charge in [0.05, 0.1) is 0 Å². The number of hydrogen-bond donors (Lipinski definition) is 1. The van der Waals surface area contributed by atoms with E-state index in [1.54, 1.807) is 6.07 Å². The van der Waals surface area contributed by atoms with Crippen LogP contribution in [-0.4, -0.2) is 29.2 Å². The summed E-state index contributed by atoms with van der Waals surface area (Å²) in [5.74, 6) is 1.25. The molecule has 1 saturated heterocycles. The number of carbonyl (C=O) groups is 1. The van der Waals surface area contributed by atoms with Crippen molar-refractivity contribution in [3.63, 3.8) is 0 Å². The second kappa shape index (κ2) is 4.54. The highest BCUT2D eigenvalue weighted by Gasteiger charge is 2.32. The maximum absolute atomic E-state index is 12.1. The number of urea groups is 1. The quantitative estimate of drug-likeness (QED) is 0.848. The third-order valence-corrected chi connectivity index (χ3v) is 3.45. The van der Waals surface area contributed by atoms with Gasteiger partial charge in [-0.3, -0.25) is 5.32 Å². The average molecular weight is 265 g/mol. The number of nitrogens with one attached hydrogen (secondary N) is 1. The zero-order valence-corrected chi connectivity index (χ0v) is 12.4. The monoisotopic (exact) mass is 265 g/mol. The Morgan fingerprint density at radius 3 is 2.63 bits per heavy atom. The molecular weight excluding hydrogens is 242 g/mol. The van der Waals surface area contributed by atoms with E-state index < -0.39 is 0 Å². The van der Waals surface area contributed by atoms with Gasteiger partial charge in [-0.2, -0.15) is 0 Å². The first kappa shape index (κ1) is 13.9. The molecule has 0 saturated carbocycles. The highest BCUT2D eigenvalue weighted by atomic mass is 16.5. The van der Waals surface area contributed by atoms with E-state index in [0.717, 1.165) is 25.3 Å². The van der Waals surface area contributed by atoms with Crippen LogP contribution in [0.5, 0.6) is 0 Å². The van der Waals surface area contributed by atoms with Gasteiger partial charge < -0.3 is 9.42 Å². The van der Waals surface area contributed by atoms with Crippen LogP contribution in [0.15, 0.2) is 10.6 Å².